The van der Waals surface area contributed by atoms with Gasteiger partial charge in [0.05, 0.1) is 19.2 Å². The highest BCUT2D eigenvalue weighted by atomic mass is 16.5. The average Bonchev–Trinajstić information content (AvgIpc) is 3.55. The number of hydrogen-bond donors (Lipinski definition) is 1. The van der Waals surface area contributed by atoms with E-state index in [0.717, 1.165) is 17.5 Å². The zero-order chi connectivity index (χ0) is 24.8. The van der Waals surface area contributed by atoms with E-state index in [4.69, 9.17) is 4.74 Å². The van der Waals surface area contributed by atoms with Gasteiger partial charge in [-0.1, -0.05) is 56.0 Å². The highest BCUT2D eigenvalue weighted by Gasteiger charge is 2.19. The molecule has 1 amide bonds. The van der Waals surface area contributed by atoms with E-state index in [9.17, 15) is 14.7 Å². The molecule has 9 heteroatoms. The Bertz CT molecular complexity index is 1190. The Morgan fingerprint density at radius 3 is 2.66 bits per heavy atom. The summed E-state index contributed by atoms with van der Waals surface area (Å²) >= 11 is 0. The van der Waals surface area contributed by atoms with Crippen LogP contribution >= 0.6 is 0 Å². The van der Waals surface area contributed by atoms with E-state index in [1.807, 2.05) is 25.2 Å². The van der Waals surface area contributed by atoms with E-state index in [2.05, 4.69) is 15.4 Å². The van der Waals surface area contributed by atoms with Crippen molar-refractivity contribution >= 4 is 11.9 Å². The standard InChI is InChI=1S/C26H31N5O4/c1-30(24(32)14-11-18-7-3-4-8-18)16-21-13-12-19(15-23(21)35-2)25-27-29-31(28-25)17-20-9-5-6-10-22(20)26(33)34/h5-6,9-10,12-13,15,18H,3-4,7-8,11,14,16-17H2,1-2H3,(H,33,34). The number of amides is 1. The molecule has 1 aliphatic carbocycles. The molecule has 0 radical (unpaired) electrons. The number of carbonyl (C=O) groups is 2. The van der Waals surface area contributed by atoms with Crippen molar-refractivity contribution in [2.24, 2.45) is 5.92 Å². The lowest BCUT2D eigenvalue weighted by Gasteiger charge is -2.20. The number of methoxy groups -OCH3 is 1. The first kappa shape index (κ1) is 24.4. The normalized spacial score (nSPS) is 13.7. The fourth-order valence-electron chi connectivity index (χ4n) is 4.62. The topological polar surface area (TPSA) is 110 Å². The summed E-state index contributed by atoms with van der Waals surface area (Å²) < 4.78 is 5.59. The Morgan fingerprint density at radius 2 is 1.91 bits per heavy atom. The molecule has 1 N–H and O–H groups in total. The maximum absolute atomic E-state index is 12.6. The molecule has 1 saturated carbocycles. The molecule has 0 saturated heterocycles. The smallest absolute Gasteiger partial charge is 0.336 e. The summed E-state index contributed by atoms with van der Waals surface area (Å²) in [5, 5.41) is 22.0. The molecule has 1 aromatic heterocycles. The fourth-order valence-corrected chi connectivity index (χ4v) is 4.62. The number of tetrazole rings is 1. The molecule has 184 valence electrons. The van der Waals surface area contributed by atoms with Gasteiger partial charge in [0, 0.05) is 31.1 Å². The fraction of sp³-hybridized carbons (Fsp3) is 0.423. The van der Waals surface area contributed by atoms with Crippen molar-refractivity contribution in [1.82, 2.24) is 25.1 Å². The van der Waals surface area contributed by atoms with E-state index >= 15 is 0 Å². The number of ether oxygens (including phenoxy) is 1. The van der Waals surface area contributed by atoms with Gasteiger partial charge in [-0.25, -0.2) is 4.79 Å². The summed E-state index contributed by atoms with van der Waals surface area (Å²) in [7, 11) is 3.42. The van der Waals surface area contributed by atoms with Crippen LogP contribution in [0.2, 0.25) is 0 Å². The lowest BCUT2D eigenvalue weighted by Crippen LogP contribution is -2.26. The highest BCUT2D eigenvalue weighted by molar-refractivity contribution is 5.89. The van der Waals surface area contributed by atoms with Crippen LogP contribution < -0.4 is 4.74 Å². The minimum Gasteiger partial charge on any atom is -0.496 e. The van der Waals surface area contributed by atoms with Crippen LogP contribution in [0.15, 0.2) is 42.5 Å². The lowest BCUT2D eigenvalue weighted by atomic mass is 10.0. The van der Waals surface area contributed by atoms with Gasteiger partial charge >= 0.3 is 5.97 Å². The molecule has 1 fully saturated rings. The zero-order valence-corrected chi connectivity index (χ0v) is 20.2. The van der Waals surface area contributed by atoms with E-state index in [-0.39, 0.29) is 18.0 Å². The van der Waals surface area contributed by atoms with Gasteiger partial charge in [0.15, 0.2) is 0 Å². The third kappa shape index (κ3) is 6.03. The summed E-state index contributed by atoms with van der Waals surface area (Å²) in [4.78, 5) is 27.2. The van der Waals surface area contributed by atoms with Gasteiger partial charge in [-0.3, -0.25) is 4.79 Å². The number of benzene rings is 2. The number of aromatic carboxylic acids is 1. The lowest BCUT2D eigenvalue weighted by molar-refractivity contribution is -0.130. The minimum absolute atomic E-state index is 0.147. The molecule has 3 aromatic rings. The first-order chi connectivity index (χ1) is 16.9. The first-order valence-electron chi connectivity index (χ1n) is 11.9. The van der Waals surface area contributed by atoms with Crippen molar-refractivity contribution in [2.75, 3.05) is 14.2 Å². The van der Waals surface area contributed by atoms with Crippen molar-refractivity contribution < 1.29 is 19.4 Å². The molecule has 0 atom stereocenters. The number of carboxylic acid groups (broad SMARTS) is 1. The number of aromatic nitrogens is 4. The van der Waals surface area contributed by atoms with Crippen LogP contribution in [0.3, 0.4) is 0 Å². The van der Waals surface area contributed by atoms with Gasteiger partial charge in [0.1, 0.15) is 5.75 Å². The van der Waals surface area contributed by atoms with Gasteiger partial charge in [0.25, 0.3) is 0 Å². The predicted octanol–water partition coefficient (Wildman–Crippen LogP) is 4.02. The molecule has 0 bridgehead atoms. The summed E-state index contributed by atoms with van der Waals surface area (Å²) in [6.07, 6.45) is 6.62. The van der Waals surface area contributed by atoms with Crippen LogP contribution in [0.5, 0.6) is 5.75 Å². The quantitative estimate of drug-likeness (QED) is 0.469. The average molecular weight is 478 g/mol. The first-order valence-corrected chi connectivity index (χ1v) is 11.9. The zero-order valence-electron chi connectivity index (χ0n) is 20.2. The number of nitrogens with zero attached hydrogens (tertiary/aromatic N) is 5. The number of carboxylic acids is 1. The maximum Gasteiger partial charge on any atom is 0.336 e. The molecule has 35 heavy (non-hydrogen) atoms. The molecule has 1 heterocycles. The Hall–Kier alpha value is -3.75. The van der Waals surface area contributed by atoms with Gasteiger partial charge < -0.3 is 14.7 Å². The van der Waals surface area contributed by atoms with Crippen molar-refractivity contribution in [3.63, 3.8) is 0 Å². The SMILES string of the molecule is COc1cc(-c2nnn(Cc3ccccc3C(=O)O)n2)ccc1CN(C)C(=O)CCC1CCCC1. The van der Waals surface area contributed by atoms with Crippen molar-refractivity contribution in [3.05, 3.63) is 59.2 Å². The summed E-state index contributed by atoms with van der Waals surface area (Å²) in [5.74, 6) is 0.895. The monoisotopic (exact) mass is 477 g/mol. The molecule has 9 nitrogen and oxygen atoms in total. The van der Waals surface area contributed by atoms with Gasteiger partial charge in [-0.15, -0.1) is 10.2 Å². The molecule has 4 rings (SSSR count). The van der Waals surface area contributed by atoms with Gasteiger partial charge in [-0.05, 0) is 35.2 Å². The number of rotatable bonds is 10. The van der Waals surface area contributed by atoms with E-state index in [0.29, 0.717) is 36.0 Å². The second-order valence-electron chi connectivity index (χ2n) is 9.07. The van der Waals surface area contributed by atoms with E-state index < -0.39 is 5.97 Å². The summed E-state index contributed by atoms with van der Waals surface area (Å²) in [6.45, 7) is 0.650. The summed E-state index contributed by atoms with van der Waals surface area (Å²) in [6, 6.07) is 12.4. The number of carbonyl (C=O) groups excluding carboxylic acids is 1. The van der Waals surface area contributed by atoms with E-state index in [1.165, 1.54) is 30.5 Å². The third-order valence-electron chi connectivity index (χ3n) is 6.63. The second-order valence-corrected chi connectivity index (χ2v) is 9.07. The Kier molecular flexibility index (Phi) is 7.74. The Labute approximate surface area is 204 Å². The van der Waals surface area contributed by atoms with Crippen molar-refractivity contribution in [1.29, 1.82) is 0 Å². The number of hydrogen-bond acceptors (Lipinski definition) is 6. The molecule has 2 aromatic carbocycles. The maximum atomic E-state index is 12.6. The molecular formula is C26H31N5O4. The Morgan fingerprint density at radius 1 is 1.14 bits per heavy atom. The van der Waals surface area contributed by atoms with Crippen LogP contribution in [-0.4, -0.2) is 56.2 Å². The molecule has 0 spiro atoms. The molecule has 0 aliphatic heterocycles. The van der Waals surface area contributed by atoms with Gasteiger partial charge in [-0.2, -0.15) is 4.80 Å². The van der Waals surface area contributed by atoms with E-state index in [1.54, 1.807) is 36.3 Å². The largest absolute Gasteiger partial charge is 0.496 e. The van der Waals surface area contributed by atoms with Crippen LogP contribution in [0.25, 0.3) is 11.4 Å². The molecule has 1 aliphatic rings. The molecular weight excluding hydrogens is 446 g/mol. The van der Waals surface area contributed by atoms with Crippen LogP contribution in [-0.2, 0) is 17.9 Å². The van der Waals surface area contributed by atoms with Crippen molar-refractivity contribution in [2.45, 2.75) is 51.6 Å². The second kappa shape index (κ2) is 11.1. The molecule has 0 unspecified atom stereocenters. The predicted molar refractivity (Wildman–Crippen MR) is 130 cm³/mol. The van der Waals surface area contributed by atoms with Crippen LogP contribution in [0, 0.1) is 5.92 Å². The highest BCUT2D eigenvalue weighted by Crippen LogP contribution is 2.29. The van der Waals surface area contributed by atoms with Crippen molar-refractivity contribution in [3.8, 4) is 17.1 Å². The minimum atomic E-state index is -0.997. The summed E-state index contributed by atoms with van der Waals surface area (Å²) in [5.41, 5.74) is 2.42. The van der Waals surface area contributed by atoms with Crippen LogP contribution in [0.1, 0.15) is 60.0 Å². The van der Waals surface area contributed by atoms with Crippen LogP contribution in [0.4, 0.5) is 0 Å². The van der Waals surface area contributed by atoms with Gasteiger partial charge in [0.2, 0.25) is 11.7 Å². The Balaban J connectivity index is 1.42. The third-order valence-corrected chi connectivity index (χ3v) is 6.63.